The lowest BCUT2D eigenvalue weighted by molar-refractivity contribution is -0.0406. The Morgan fingerprint density at radius 1 is 1.12 bits per heavy atom. The molecule has 0 aliphatic rings. The molecule has 3 aromatic rings. The number of alkyl halides is 2. The van der Waals surface area contributed by atoms with Crippen LogP contribution in [0.25, 0.3) is 0 Å². The molecule has 0 saturated carbocycles. The van der Waals surface area contributed by atoms with Crippen molar-refractivity contribution >= 4 is 15.9 Å². The molecule has 0 saturated heterocycles. The van der Waals surface area contributed by atoms with Crippen molar-refractivity contribution in [1.82, 2.24) is 9.97 Å². The number of benzene rings is 1. The van der Waals surface area contributed by atoms with Crippen LogP contribution >= 0.6 is 15.9 Å². The fourth-order valence-electron chi connectivity index (χ4n) is 2.49. The van der Waals surface area contributed by atoms with E-state index in [1.807, 2.05) is 0 Å². The first-order chi connectivity index (χ1) is 11.5. The number of aromatic nitrogens is 2. The quantitative estimate of drug-likeness (QED) is 0.602. The molecule has 0 spiro atoms. The monoisotopic (exact) mass is 396 g/mol. The Morgan fingerprint density at radius 2 is 1.92 bits per heavy atom. The molecule has 0 amide bonds. The van der Waals surface area contributed by atoms with Crippen LogP contribution in [0.15, 0.2) is 64.1 Å². The molecule has 2 aromatic heterocycles. The summed E-state index contributed by atoms with van der Waals surface area (Å²) >= 11 is 3.16. The van der Waals surface area contributed by atoms with Crippen LogP contribution in [0, 0.1) is 5.82 Å². The van der Waals surface area contributed by atoms with Gasteiger partial charge in [0.25, 0.3) is 5.92 Å². The van der Waals surface area contributed by atoms with Gasteiger partial charge in [0.15, 0.2) is 6.39 Å². The first-order valence-corrected chi connectivity index (χ1v) is 7.89. The van der Waals surface area contributed by atoms with E-state index in [0.29, 0.717) is 4.47 Å². The number of oxazole rings is 1. The molecule has 0 bridgehead atoms. The van der Waals surface area contributed by atoms with Crippen LogP contribution in [0.4, 0.5) is 13.2 Å². The summed E-state index contributed by atoms with van der Waals surface area (Å²) in [6.45, 7) is 0. The van der Waals surface area contributed by atoms with Crippen molar-refractivity contribution in [2.45, 2.75) is 18.3 Å². The summed E-state index contributed by atoms with van der Waals surface area (Å²) in [6, 6.07) is 8.19. The normalized spacial score (nSPS) is 13.0. The third-order valence-corrected chi connectivity index (χ3v) is 4.15. The van der Waals surface area contributed by atoms with Gasteiger partial charge < -0.3 is 4.42 Å². The van der Waals surface area contributed by atoms with Crippen LogP contribution < -0.4 is 0 Å². The third-order valence-electron chi connectivity index (χ3n) is 3.68. The first kappa shape index (κ1) is 16.7. The summed E-state index contributed by atoms with van der Waals surface area (Å²) in [4.78, 5) is 7.52. The van der Waals surface area contributed by atoms with E-state index in [-0.39, 0.29) is 17.7 Å². The number of hydrogen-bond acceptors (Lipinski definition) is 3. The molecule has 7 heteroatoms. The van der Waals surface area contributed by atoms with E-state index in [4.69, 9.17) is 4.42 Å². The zero-order valence-electron chi connectivity index (χ0n) is 12.3. The van der Waals surface area contributed by atoms with Crippen molar-refractivity contribution in [1.29, 1.82) is 0 Å². The molecule has 3 nitrogen and oxygen atoms in total. The van der Waals surface area contributed by atoms with Gasteiger partial charge in [0, 0.05) is 17.1 Å². The van der Waals surface area contributed by atoms with Crippen LogP contribution in [0.3, 0.4) is 0 Å². The molecule has 1 unspecified atom stereocenters. The van der Waals surface area contributed by atoms with E-state index in [0.717, 1.165) is 12.5 Å². The van der Waals surface area contributed by atoms with E-state index in [9.17, 15) is 4.39 Å². The van der Waals surface area contributed by atoms with Crippen LogP contribution in [0.2, 0.25) is 0 Å². The highest BCUT2D eigenvalue weighted by Crippen LogP contribution is 2.44. The smallest absolute Gasteiger partial charge is 0.296 e. The molecule has 24 heavy (non-hydrogen) atoms. The van der Waals surface area contributed by atoms with Gasteiger partial charge in [-0.05, 0) is 39.7 Å². The fourth-order valence-corrected chi connectivity index (χ4v) is 2.72. The van der Waals surface area contributed by atoms with Gasteiger partial charge in [-0.25, -0.2) is 9.37 Å². The molecular weight excluding hydrogens is 385 g/mol. The van der Waals surface area contributed by atoms with Gasteiger partial charge in [0.2, 0.25) is 0 Å². The third kappa shape index (κ3) is 3.36. The molecule has 2 heterocycles. The molecule has 3 rings (SSSR count). The van der Waals surface area contributed by atoms with Gasteiger partial charge in [0.1, 0.15) is 17.3 Å². The standard InChI is InChI=1S/C17H12BrF3N2O/c18-11-5-6-16(23-8-11)17(20,21)14(7-12-9-22-10-24-12)13-3-1-2-4-15(13)19/h1-6,8-10,14H,7H2. The maximum atomic E-state index is 15.1. The maximum absolute atomic E-state index is 15.1. The number of nitrogens with zero attached hydrogens (tertiary/aromatic N) is 2. The molecule has 0 aliphatic carbocycles. The first-order valence-electron chi connectivity index (χ1n) is 7.10. The Morgan fingerprint density at radius 3 is 2.54 bits per heavy atom. The zero-order chi connectivity index (χ0) is 17.2. The van der Waals surface area contributed by atoms with Crippen molar-refractivity contribution in [2.24, 2.45) is 0 Å². The van der Waals surface area contributed by atoms with E-state index < -0.39 is 23.4 Å². The summed E-state index contributed by atoms with van der Waals surface area (Å²) < 4.78 is 50.0. The molecule has 1 aromatic carbocycles. The Balaban J connectivity index is 2.06. The highest BCUT2D eigenvalue weighted by molar-refractivity contribution is 9.10. The molecule has 0 aliphatic heterocycles. The van der Waals surface area contributed by atoms with Gasteiger partial charge in [-0.2, -0.15) is 8.78 Å². The lowest BCUT2D eigenvalue weighted by atomic mass is 9.86. The van der Waals surface area contributed by atoms with Crippen molar-refractivity contribution < 1.29 is 17.6 Å². The molecule has 0 fully saturated rings. The summed E-state index contributed by atoms with van der Waals surface area (Å²) in [7, 11) is 0. The van der Waals surface area contributed by atoms with Crippen molar-refractivity contribution in [3.8, 4) is 0 Å². The molecule has 1 atom stereocenters. The van der Waals surface area contributed by atoms with Crippen molar-refractivity contribution in [2.75, 3.05) is 0 Å². The summed E-state index contributed by atoms with van der Waals surface area (Å²) in [5, 5.41) is 0. The Labute approximate surface area is 144 Å². The average molecular weight is 397 g/mol. The summed E-state index contributed by atoms with van der Waals surface area (Å²) in [6.07, 6.45) is 3.59. The Kier molecular flexibility index (Phi) is 4.71. The topological polar surface area (TPSA) is 38.9 Å². The van der Waals surface area contributed by atoms with Crippen LogP contribution in [-0.4, -0.2) is 9.97 Å². The second kappa shape index (κ2) is 6.76. The highest BCUT2D eigenvalue weighted by atomic mass is 79.9. The molecule has 0 radical (unpaired) electrons. The van der Waals surface area contributed by atoms with Gasteiger partial charge >= 0.3 is 0 Å². The van der Waals surface area contributed by atoms with Crippen molar-refractivity contribution in [3.63, 3.8) is 0 Å². The molecular formula is C17H12BrF3N2O. The van der Waals surface area contributed by atoms with E-state index in [1.165, 1.54) is 42.7 Å². The highest BCUT2D eigenvalue weighted by Gasteiger charge is 2.45. The SMILES string of the molecule is Fc1ccccc1C(Cc1cnco1)C(F)(F)c1ccc(Br)cn1. The van der Waals surface area contributed by atoms with E-state index in [2.05, 4.69) is 25.9 Å². The van der Waals surface area contributed by atoms with Gasteiger partial charge in [-0.3, -0.25) is 4.98 Å². The van der Waals surface area contributed by atoms with Crippen LogP contribution in [0.5, 0.6) is 0 Å². The van der Waals surface area contributed by atoms with E-state index >= 15 is 8.78 Å². The number of pyridine rings is 1. The van der Waals surface area contributed by atoms with Crippen LogP contribution in [0.1, 0.15) is 22.9 Å². The van der Waals surface area contributed by atoms with Gasteiger partial charge in [-0.15, -0.1) is 0 Å². The summed E-state index contributed by atoms with van der Waals surface area (Å²) in [5.41, 5.74) is -0.526. The zero-order valence-corrected chi connectivity index (χ0v) is 13.9. The minimum atomic E-state index is -3.39. The maximum Gasteiger partial charge on any atom is 0.296 e. The van der Waals surface area contributed by atoms with Gasteiger partial charge in [-0.1, -0.05) is 18.2 Å². The second-order valence-electron chi connectivity index (χ2n) is 5.23. The number of rotatable bonds is 5. The predicted molar refractivity (Wildman–Crippen MR) is 85.2 cm³/mol. The predicted octanol–water partition coefficient (Wildman–Crippen LogP) is 5.09. The minimum Gasteiger partial charge on any atom is -0.449 e. The largest absolute Gasteiger partial charge is 0.449 e. The Bertz CT molecular complexity index is 807. The number of halogens is 4. The summed E-state index contributed by atoms with van der Waals surface area (Å²) in [5.74, 6) is -5.31. The average Bonchev–Trinajstić information content (AvgIpc) is 3.07. The fraction of sp³-hybridized carbons (Fsp3) is 0.176. The Hall–Kier alpha value is -2.15. The minimum absolute atomic E-state index is 0.0939. The molecule has 0 N–H and O–H groups in total. The second-order valence-corrected chi connectivity index (χ2v) is 6.15. The van der Waals surface area contributed by atoms with E-state index in [1.54, 1.807) is 0 Å². The van der Waals surface area contributed by atoms with Crippen molar-refractivity contribution in [3.05, 3.63) is 82.5 Å². The lowest BCUT2D eigenvalue weighted by Crippen LogP contribution is -2.27. The van der Waals surface area contributed by atoms with Gasteiger partial charge in [0.05, 0.1) is 12.1 Å². The number of hydrogen-bond donors (Lipinski definition) is 0. The lowest BCUT2D eigenvalue weighted by Gasteiger charge is -2.26. The van der Waals surface area contributed by atoms with Crippen LogP contribution in [-0.2, 0) is 12.3 Å². The molecule has 124 valence electrons.